The predicted octanol–water partition coefficient (Wildman–Crippen LogP) is 0.363. The highest BCUT2D eigenvalue weighted by Gasteiger charge is 2.03. The van der Waals surface area contributed by atoms with Crippen LogP contribution < -0.4 is 0 Å². The number of nitrogens with zero attached hydrogens (tertiary/aromatic N) is 6. The Bertz CT molecular complexity index is 553. The lowest BCUT2D eigenvalue weighted by molar-refractivity contribution is 0.798. The van der Waals surface area contributed by atoms with Gasteiger partial charge in [-0.2, -0.15) is 5.10 Å². The van der Waals surface area contributed by atoms with Crippen LogP contribution in [0.1, 0.15) is 0 Å². The van der Waals surface area contributed by atoms with E-state index in [1.807, 2.05) is 18.2 Å². The van der Waals surface area contributed by atoms with Crippen LogP contribution >= 0.6 is 0 Å². The van der Waals surface area contributed by atoms with Gasteiger partial charge in [-0.25, -0.2) is 0 Å². The lowest BCUT2D eigenvalue weighted by atomic mass is 10.2. The third-order valence-electron chi connectivity index (χ3n) is 1.98. The van der Waals surface area contributed by atoms with E-state index in [0.717, 1.165) is 5.39 Å². The zero-order valence-corrected chi connectivity index (χ0v) is 6.99. The van der Waals surface area contributed by atoms with Crippen LogP contribution in [0.5, 0.6) is 0 Å². The van der Waals surface area contributed by atoms with Gasteiger partial charge >= 0.3 is 0 Å². The van der Waals surface area contributed by atoms with Gasteiger partial charge in [0, 0.05) is 5.39 Å². The number of aromatic nitrogens is 6. The molecule has 3 aromatic rings. The summed E-state index contributed by atoms with van der Waals surface area (Å²) in [6, 6.07) is 5.60. The fourth-order valence-electron chi connectivity index (χ4n) is 1.34. The Kier molecular flexibility index (Phi) is 1.35. The Morgan fingerprint density at radius 1 is 0.786 bits per heavy atom. The Balaban J connectivity index is 2.61. The molecule has 0 bridgehead atoms. The molecule has 6 heteroatoms. The standard InChI is InChI=1S/C8H4N6/c1-2-6-8(12-14-13-10-6)7-5(1)3-4-9-11-7/h1-4H. The van der Waals surface area contributed by atoms with Crippen LogP contribution in [0.15, 0.2) is 24.4 Å². The molecule has 2 aromatic heterocycles. The highest BCUT2D eigenvalue weighted by Crippen LogP contribution is 2.17. The van der Waals surface area contributed by atoms with E-state index in [0.29, 0.717) is 16.6 Å². The number of benzene rings is 1. The first-order valence-corrected chi connectivity index (χ1v) is 4.01. The molecule has 0 aliphatic carbocycles. The molecule has 0 unspecified atom stereocenters. The Morgan fingerprint density at radius 3 is 2.71 bits per heavy atom. The van der Waals surface area contributed by atoms with Gasteiger partial charge in [0.25, 0.3) is 0 Å². The Labute approximate surface area is 78.0 Å². The molecule has 0 amide bonds. The van der Waals surface area contributed by atoms with E-state index in [-0.39, 0.29) is 0 Å². The monoisotopic (exact) mass is 184 g/mol. The van der Waals surface area contributed by atoms with Crippen molar-refractivity contribution >= 4 is 21.9 Å². The van der Waals surface area contributed by atoms with Crippen LogP contribution in [0.4, 0.5) is 0 Å². The smallest absolute Gasteiger partial charge is 0.143 e. The predicted molar refractivity (Wildman–Crippen MR) is 48.2 cm³/mol. The molecular formula is C8H4N6. The van der Waals surface area contributed by atoms with Gasteiger partial charge in [-0.1, -0.05) is 6.07 Å². The fourth-order valence-corrected chi connectivity index (χ4v) is 1.34. The largest absolute Gasteiger partial charge is 0.158 e. The third-order valence-corrected chi connectivity index (χ3v) is 1.98. The molecule has 1 aromatic carbocycles. The van der Waals surface area contributed by atoms with E-state index in [1.54, 1.807) is 6.20 Å². The molecule has 0 spiro atoms. The summed E-state index contributed by atoms with van der Waals surface area (Å²) in [6.07, 6.45) is 1.64. The summed E-state index contributed by atoms with van der Waals surface area (Å²) in [6.45, 7) is 0. The van der Waals surface area contributed by atoms with E-state index in [1.165, 1.54) is 0 Å². The van der Waals surface area contributed by atoms with Crippen molar-refractivity contribution in [3.63, 3.8) is 0 Å². The minimum Gasteiger partial charge on any atom is -0.158 e. The molecular weight excluding hydrogens is 180 g/mol. The summed E-state index contributed by atoms with van der Waals surface area (Å²) in [4.78, 5) is 0. The topological polar surface area (TPSA) is 77.3 Å². The van der Waals surface area contributed by atoms with Crippen molar-refractivity contribution in [2.75, 3.05) is 0 Å². The van der Waals surface area contributed by atoms with Crippen molar-refractivity contribution < 1.29 is 0 Å². The summed E-state index contributed by atoms with van der Waals surface area (Å²) in [5, 5.41) is 23.4. The van der Waals surface area contributed by atoms with Crippen molar-refractivity contribution in [1.82, 2.24) is 30.8 Å². The van der Waals surface area contributed by atoms with Gasteiger partial charge in [0.2, 0.25) is 0 Å². The lowest BCUT2D eigenvalue weighted by Crippen LogP contribution is -1.94. The molecule has 66 valence electrons. The van der Waals surface area contributed by atoms with Crippen LogP contribution in [0.2, 0.25) is 0 Å². The first-order chi connectivity index (χ1) is 6.95. The minimum atomic E-state index is 0.630. The molecule has 0 N–H and O–H groups in total. The van der Waals surface area contributed by atoms with E-state index >= 15 is 0 Å². The first-order valence-electron chi connectivity index (χ1n) is 4.01. The normalized spacial score (nSPS) is 10.9. The zero-order valence-electron chi connectivity index (χ0n) is 6.99. The van der Waals surface area contributed by atoms with E-state index in [9.17, 15) is 0 Å². The number of hydrogen-bond acceptors (Lipinski definition) is 6. The minimum absolute atomic E-state index is 0.630. The quantitative estimate of drug-likeness (QED) is 0.469. The van der Waals surface area contributed by atoms with Gasteiger partial charge in [0.05, 0.1) is 6.20 Å². The molecule has 0 saturated heterocycles. The second-order valence-electron chi connectivity index (χ2n) is 2.78. The molecule has 3 rings (SSSR count). The number of rotatable bonds is 0. The van der Waals surface area contributed by atoms with E-state index < -0.39 is 0 Å². The van der Waals surface area contributed by atoms with Crippen molar-refractivity contribution in [3.05, 3.63) is 24.4 Å². The van der Waals surface area contributed by atoms with Crippen molar-refractivity contribution in [1.29, 1.82) is 0 Å². The molecule has 0 aliphatic heterocycles. The highest BCUT2D eigenvalue weighted by molar-refractivity contribution is 6.00. The zero-order chi connectivity index (χ0) is 9.38. The molecule has 0 aliphatic rings. The number of hydrogen-bond donors (Lipinski definition) is 0. The molecule has 0 radical (unpaired) electrons. The Morgan fingerprint density at radius 2 is 1.71 bits per heavy atom. The fraction of sp³-hybridized carbons (Fsp3) is 0. The molecule has 0 atom stereocenters. The van der Waals surface area contributed by atoms with Crippen molar-refractivity contribution in [2.45, 2.75) is 0 Å². The van der Waals surface area contributed by atoms with E-state index in [2.05, 4.69) is 30.8 Å². The van der Waals surface area contributed by atoms with Crippen LogP contribution in [-0.4, -0.2) is 30.8 Å². The van der Waals surface area contributed by atoms with Crippen molar-refractivity contribution in [3.8, 4) is 0 Å². The van der Waals surface area contributed by atoms with E-state index in [4.69, 9.17) is 0 Å². The summed E-state index contributed by atoms with van der Waals surface area (Å²) < 4.78 is 0. The van der Waals surface area contributed by atoms with Gasteiger partial charge in [-0.05, 0) is 22.6 Å². The van der Waals surface area contributed by atoms with Gasteiger partial charge in [0.1, 0.15) is 16.6 Å². The third kappa shape index (κ3) is 0.905. The Hall–Kier alpha value is -2.24. The van der Waals surface area contributed by atoms with Crippen LogP contribution in [0, 0.1) is 0 Å². The second kappa shape index (κ2) is 2.63. The van der Waals surface area contributed by atoms with Crippen LogP contribution in [0.3, 0.4) is 0 Å². The highest BCUT2D eigenvalue weighted by atomic mass is 15.4. The maximum Gasteiger partial charge on any atom is 0.143 e. The average molecular weight is 184 g/mol. The average Bonchev–Trinajstić information content (AvgIpc) is 2.29. The maximum absolute atomic E-state index is 3.99. The molecule has 6 nitrogen and oxygen atoms in total. The van der Waals surface area contributed by atoms with Crippen LogP contribution in [0.25, 0.3) is 21.9 Å². The SMILES string of the molecule is c1cc2ccc3nnnnc3c2nn1. The molecule has 2 heterocycles. The molecule has 0 fully saturated rings. The summed E-state index contributed by atoms with van der Waals surface area (Å²) in [5.41, 5.74) is 2.01. The van der Waals surface area contributed by atoms with Gasteiger partial charge < -0.3 is 0 Å². The van der Waals surface area contributed by atoms with Crippen molar-refractivity contribution in [2.24, 2.45) is 0 Å². The first kappa shape index (κ1) is 7.19. The molecule has 14 heavy (non-hydrogen) atoms. The van der Waals surface area contributed by atoms with Gasteiger partial charge in [-0.15, -0.1) is 15.3 Å². The van der Waals surface area contributed by atoms with Gasteiger partial charge in [-0.3, -0.25) is 0 Å². The second-order valence-corrected chi connectivity index (χ2v) is 2.78. The number of fused-ring (bicyclic) bond motifs is 3. The summed E-state index contributed by atoms with van der Waals surface area (Å²) in [5.74, 6) is 0. The maximum atomic E-state index is 3.99. The summed E-state index contributed by atoms with van der Waals surface area (Å²) in [7, 11) is 0. The van der Waals surface area contributed by atoms with Gasteiger partial charge in [0.15, 0.2) is 0 Å². The lowest BCUT2D eigenvalue weighted by Gasteiger charge is -1.96. The van der Waals surface area contributed by atoms with Crippen LogP contribution in [-0.2, 0) is 0 Å². The summed E-state index contributed by atoms with van der Waals surface area (Å²) >= 11 is 0. The molecule has 0 saturated carbocycles.